The Hall–Kier alpha value is -2.37. The van der Waals surface area contributed by atoms with E-state index < -0.39 is 5.60 Å². The second-order valence-electron chi connectivity index (χ2n) is 10.4. The van der Waals surface area contributed by atoms with Crippen LogP contribution in [0.1, 0.15) is 54.7 Å². The van der Waals surface area contributed by atoms with Gasteiger partial charge in [-0.05, 0) is 79.5 Å². The lowest BCUT2D eigenvalue weighted by Crippen LogP contribution is -2.43. The van der Waals surface area contributed by atoms with E-state index in [9.17, 15) is 9.90 Å². The smallest absolute Gasteiger partial charge is 0.227 e. The van der Waals surface area contributed by atoms with Crippen molar-refractivity contribution in [2.75, 3.05) is 31.1 Å². The van der Waals surface area contributed by atoms with E-state index in [1.807, 2.05) is 65.6 Å². The molecule has 1 amide bonds. The van der Waals surface area contributed by atoms with E-state index >= 15 is 0 Å². The Labute approximate surface area is 229 Å². The lowest BCUT2D eigenvalue weighted by atomic mass is 9.84. The molecule has 2 aliphatic heterocycles. The number of carbonyl (C=O) groups excluding carboxylic acids is 1. The van der Waals surface area contributed by atoms with Crippen molar-refractivity contribution in [3.63, 3.8) is 0 Å². The van der Waals surface area contributed by atoms with Gasteiger partial charge in [0.05, 0.1) is 15.6 Å². The van der Waals surface area contributed by atoms with Gasteiger partial charge in [0.25, 0.3) is 0 Å². The number of nitrogens with zero attached hydrogens (tertiary/aromatic N) is 2. The van der Waals surface area contributed by atoms with Crippen molar-refractivity contribution in [1.29, 1.82) is 0 Å². The van der Waals surface area contributed by atoms with Gasteiger partial charge in [-0.1, -0.05) is 77.8 Å². The number of aliphatic hydroxyl groups is 1. The average molecular weight is 538 g/mol. The number of fused-ring (bicyclic) bond motifs is 1. The van der Waals surface area contributed by atoms with Crippen molar-refractivity contribution < 1.29 is 9.90 Å². The van der Waals surface area contributed by atoms with Crippen molar-refractivity contribution in [3.05, 3.63) is 99.5 Å². The molecule has 1 saturated heterocycles. The van der Waals surface area contributed by atoms with E-state index in [-0.39, 0.29) is 11.8 Å². The average Bonchev–Trinajstić information content (AvgIpc) is 2.93. The minimum atomic E-state index is -0.765. The predicted molar refractivity (Wildman–Crippen MR) is 152 cm³/mol. The second kappa shape index (κ2) is 11.6. The third-order valence-electron chi connectivity index (χ3n) is 8.04. The molecule has 0 radical (unpaired) electrons. The minimum absolute atomic E-state index is 0.0336. The summed E-state index contributed by atoms with van der Waals surface area (Å²) in [5, 5.41) is 12.3. The summed E-state index contributed by atoms with van der Waals surface area (Å²) in [6.07, 6.45) is 4.67. The first-order valence-electron chi connectivity index (χ1n) is 13.3. The molecule has 0 aliphatic carbocycles. The van der Waals surface area contributed by atoms with E-state index in [1.54, 1.807) is 0 Å². The number of aryl methyl sites for hydroxylation is 1. The Bertz CT molecular complexity index is 1220. The number of hydrogen-bond acceptors (Lipinski definition) is 3. The number of hydrogen-bond donors (Lipinski definition) is 1. The van der Waals surface area contributed by atoms with Gasteiger partial charge in [0.1, 0.15) is 0 Å². The summed E-state index contributed by atoms with van der Waals surface area (Å²) in [5.74, 6) is 0.187. The molecule has 2 aliphatic rings. The first-order chi connectivity index (χ1) is 17.9. The highest BCUT2D eigenvalue weighted by molar-refractivity contribution is 6.42. The fourth-order valence-corrected chi connectivity index (χ4v) is 6.10. The van der Waals surface area contributed by atoms with Gasteiger partial charge >= 0.3 is 0 Å². The monoisotopic (exact) mass is 536 g/mol. The number of carbonyl (C=O) groups is 1. The van der Waals surface area contributed by atoms with Crippen LogP contribution < -0.4 is 4.90 Å². The van der Waals surface area contributed by atoms with Gasteiger partial charge in [0.15, 0.2) is 0 Å². The summed E-state index contributed by atoms with van der Waals surface area (Å²) >= 11 is 12.6. The summed E-state index contributed by atoms with van der Waals surface area (Å²) in [7, 11) is 0. The van der Waals surface area contributed by atoms with Crippen LogP contribution in [0.2, 0.25) is 10.0 Å². The van der Waals surface area contributed by atoms with Crippen molar-refractivity contribution in [2.24, 2.45) is 0 Å². The van der Waals surface area contributed by atoms with Crippen LogP contribution in [0.15, 0.2) is 72.8 Å². The van der Waals surface area contributed by atoms with Crippen molar-refractivity contribution in [3.8, 4) is 0 Å². The molecule has 0 spiro atoms. The fraction of sp³-hybridized carbons (Fsp3) is 0.387. The highest BCUT2D eigenvalue weighted by Crippen LogP contribution is 2.35. The third kappa shape index (κ3) is 6.04. The molecule has 37 heavy (non-hydrogen) atoms. The zero-order valence-corrected chi connectivity index (χ0v) is 22.6. The number of halogens is 2. The SMILES string of the molecule is O=C(CC(CCN1CCC(O)(c2ccccc2)CC1)c1ccc(Cl)c(Cl)c1)N1CCCc2ccccc21. The molecular weight excluding hydrogens is 503 g/mol. The van der Waals surface area contributed by atoms with E-state index in [0.29, 0.717) is 29.3 Å². The molecule has 2 heterocycles. The molecule has 194 valence electrons. The maximum atomic E-state index is 13.6. The fourth-order valence-electron chi connectivity index (χ4n) is 5.79. The number of anilines is 1. The molecule has 0 saturated carbocycles. The van der Waals surface area contributed by atoms with Gasteiger partial charge in [-0.15, -0.1) is 0 Å². The number of para-hydroxylation sites is 1. The molecule has 1 fully saturated rings. The maximum absolute atomic E-state index is 13.6. The highest BCUT2D eigenvalue weighted by atomic mass is 35.5. The molecule has 6 heteroatoms. The van der Waals surface area contributed by atoms with Crippen LogP contribution >= 0.6 is 23.2 Å². The molecule has 1 unspecified atom stereocenters. The van der Waals surface area contributed by atoms with Crippen LogP contribution in [-0.4, -0.2) is 42.1 Å². The maximum Gasteiger partial charge on any atom is 0.227 e. The number of amides is 1. The first kappa shape index (κ1) is 26.2. The Morgan fingerprint density at radius 3 is 2.41 bits per heavy atom. The van der Waals surface area contributed by atoms with Crippen LogP contribution in [0.4, 0.5) is 5.69 Å². The van der Waals surface area contributed by atoms with Gasteiger partial charge in [-0.2, -0.15) is 0 Å². The van der Waals surface area contributed by atoms with E-state index in [1.165, 1.54) is 5.56 Å². The summed E-state index contributed by atoms with van der Waals surface area (Å²) < 4.78 is 0. The quantitative estimate of drug-likeness (QED) is 0.360. The number of benzene rings is 3. The minimum Gasteiger partial charge on any atom is -0.385 e. The van der Waals surface area contributed by atoms with Crippen LogP contribution in [-0.2, 0) is 16.8 Å². The van der Waals surface area contributed by atoms with Gasteiger partial charge < -0.3 is 14.9 Å². The summed E-state index contributed by atoms with van der Waals surface area (Å²) in [6, 6.07) is 24.0. The van der Waals surface area contributed by atoms with E-state index in [4.69, 9.17) is 23.2 Å². The topological polar surface area (TPSA) is 43.8 Å². The molecule has 3 aromatic carbocycles. The standard InChI is InChI=1S/C31H34Cl2N2O2/c32-27-13-12-24(21-28(27)33)25(22-30(36)35-17-6-8-23-7-4-5-11-29(23)35)14-18-34-19-15-31(37,16-20-34)26-9-2-1-3-10-26/h1-5,7,9-13,21,25,37H,6,8,14-20,22H2. The highest BCUT2D eigenvalue weighted by Gasteiger charge is 2.34. The van der Waals surface area contributed by atoms with E-state index in [0.717, 1.165) is 62.3 Å². The molecule has 0 bridgehead atoms. The third-order valence-corrected chi connectivity index (χ3v) is 8.77. The van der Waals surface area contributed by atoms with Crippen molar-refractivity contribution in [1.82, 2.24) is 4.90 Å². The Balaban J connectivity index is 1.27. The molecule has 4 nitrogen and oxygen atoms in total. The Morgan fingerprint density at radius 1 is 0.919 bits per heavy atom. The van der Waals surface area contributed by atoms with Gasteiger partial charge in [-0.25, -0.2) is 0 Å². The Morgan fingerprint density at radius 2 is 1.65 bits per heavy atom. The number of piperidine rings is 1. The number of rotatable bonds is 7. The van der Waals surface area contributed by atoms with Crippen LogP contribution in [0, 0.1) is 0 Å². The van der Waals surface area contributed by atoms with Crippen LogP contribution in [0.25, 0.3) is 0 Å². The number of likely N-dealkylation sites (tertiary alicyclic amines) is 1. The van der Waals surface area contributed by atoms with Crippen molar-refractivity contribution >= 4 is 34.8 Å². The zero-order valence-electron chi connectivity index (χ0n) is 21.1. The lowest BCUT2D eigenvalue weighted by molar-refractivity contribution is -0.119. The molecule has 5 rings (SSSR count). The normalized spacial score (nSPS) is 18.3. The largest absolute Gasteiger partial charge is 0.385 e. The molecule has 3 aromatic rings. The molecule has 0 aromatic heterocycles. The summed E-state index contributed by atoms with van der Waals surface area (Å²) in [4.78, 5) is 18.0. The van der Waals surface area contributed by atoms with Gasteiger partial charge in [0.2, 0.25) is 5.91 Å². The molecule has 1 atom stereocenters. The second-order valence-corrected chi connectivity index (χ2v) is 11.2. The lowest BCUT2D eigenvalue weighted by Gasteiger charge is -2.39. The first-order valence-corrected chi connectivity index (χ1v) is 14.0. The predicted octanol–water partition coefficient (Wildman–Crippen LogP) is 6.82. The van der Waals surface area contributed by atoms with Crippen LogP contribution in [0.3, 0.4) is 0 Å². The Kier molecular flexibility index (Phi) is 8.21. The molecule has 1 N–H and O–H groups in total. The molecular formula is C31H34Cl2N2O2. The summed E-state index contributed by atoms with van der Waals surface area (Å²) in [6.45, 7) is 3.27. The van der Waals surface area contributed by atoms with Crippen molar-refractivity contribution in [2.45, 2.75) is 50.0 Å². The van der Waals surface area contributed by atoms with Gasteiger partial charge in [0, 0.05) is 31.7 Å². The summed E-state index contributed by atoms with van der Waals surface area (Å²) in [5.41, 5.74) is 3.57. The zero-order chi connectivity index (χ0) is 25.8. The van der Waals surface area contributed by atoms with Gasteiger partial charge in [-0.3, -0.25) is 4.79 Å². The van der Waals surface area contributed by atoms with E-state index in [2.05, 4.69) is 17.0 Å². The van der Waals surface area contributed by atoms with Crippen LogP contribution in [0.5, 0.6) is 0 Å².